The van der Waals surface area contributed by atoms with Crippen LogP contribution in [0, 0.1) is 6.92 Å². The molecule has 136 valence electrons. The summed E-state index contributed by atoms with van der Waals surface area (Å²) in [5.74, 6) is -0.431. The highest BCUT2D eigenvalue weighted by atomic mass is 35.5. The predicted octanol–water partition coefficient (Wildman–Crippen LogP) is 3.39. The lowest BCUT2D eigenvalue weighted by Gasteiger charge is -2.09. The van der Waals surface area contributed by atoms with Gasteiger partial charge in [-0.05, 0) is 44.2 Å². The minimum atomic E-state index is -3.81. The molecule has 3 rings (SSSR count). The molecule has 0 spiro atoms. The van der Waals surface area contributed by atoms with Crippen LogP contribution in [0.2, 0.25) is 5.02 Å². The van der Waals surface area contributed by atoms with E-state index in [1.54, 1.807) is 30.7 Å². The lowest BCUT2D eigenvalue weighted by atomic mass is 10.3. The molecule has 0 amide bonds. The van der Waals surface area contributed by atoms with Gasteiger partial charge in [0.15, 0.2) is 0 Å². The zero-order valence-corrected chi connectivity index (χ0v) is 15.8. The molecule has 0 fully saturated rings. The van der Waals surface area contributed by atoms with Crippen molar-refractivity contribution >= 4 is 38.3 Å². The summed E-state index contributed by atoms with van der Waals surface area (Å²) in [5, 5.41) is 0.913. The molecular formula is C18H17ClN2O4S. The summed E-state index contributed by atoms with van der Waals surface area (Å²) in [6.45, 7) is 3.58. The van der Waals surface area contributed by atoms with Crippen molar-refractivity contribution in [3.63, 3.8) is 0 Å². The van der Waals surface area contributed by atoms with Crippen LogP contribution in [0.15, 0.2) is 52.5 Å². The van der Waals surface area contributed by atoms with Gasteiger partial charge in [-0.1, -0.05) is 11.6 Å². The Labute approximate surface area is 156 Å². The van der Waals surface area contributed by atoms with Gasteiger partial charge in [0.25, 0.3) is 0 Å². The molecule has 0 aliphatic heterocycles. The molecule has 6 nitrogen and oxygen atoms in total. The van der Waals surface area contributed by atoms with Gasteiger partial charge < -0.3 is 9.30 Å². The Bertz CT molecular complexity index is 1070. The number of aromatic nitrogens is 2. The maximum atomic E-state index is 13.2. The van der Waals surface area contributed by atoms with Crippen molar-refractivity contribution in [2.24, 2.45) is 0 Å². The quantitative estimate of drug-likeness (QED) is 0.622. The third-order valence-electron chi connectivity index (χ3n) is 4.05. The van der Waals surface area contributed by atoms with E-state index in [0.717, 1.165) is 0 Å². The second-order valence-corrected chi connectivity index (χ2v) is 7.98. The van der Waals surface area contributed by atoms with Crippen LogP contribution >= 0.6 is 11.6 Å². The summed E-state index contributed by atoms with van der Waals surface area (Å²) in [6.07, 6.45) is 3.05. The van der Waals surface area contributed by atoms with E-state index >= 15 is 0 Å². The highest BCUT2D eigenvalue weighted by Crippen LogP contribution is 2.33. The van der Waals surface area contributed by atoms with Gasteiger partial charge in [-0.3, -0.25) is 9.78 Å². The van der Waals surface area contributed by atoms with Crippen molar-refractivity contribution < 1.29 is 17.9 Å². The maximum Gasteiger partial charge on any atom is 0.325 e. The van der Waals surface area contributed by atoms with Gasteiger partial charge in [0.1, 0.15) is 11.4 Å². The van der Waals surface area contributed by atoms with Crippen LogP contribution in [0.25, 0.3) is 10.9 Å². The standard InChI is InChI=1S/C18H17ClN2O4S/c1-3-25-17(22)11-21-12(2)18(15-10-20-9-8-16(15)21)26(23,24)14-6-4-13(19)5-7-14/h4-10H,3,11H2,1-2H3. The molecule has 2 aromatic heterocycles. The Morgan fingerprint density at radius 2 is 1.92 bits per heavy atom. The number of hydrogen-bond donors (Lipinski definition) is 0. The van der Waals surface area contributed by atoms with Crippen LogP contribution in [-0.2, 0) is 25.9 Å². The number of hydrogen-bond acceptors (Lipinski definition) is 5. The van der Waals surface area contributed by atoms with Crippen LogP contribution in [0.3, 0.4) is 0 Å². The Kier molecular flexibility index (Phi) is 5.02. The molecule has 0 saturated heterocycles. The highest BCUT2D eigenvalue weighted by Gasteiger charge is 2.27. The molecular weight excluding hydrogens is 376 g/mol. The molecule has 0 bridgehead atoms. The summed E-state index contributed by atoms with van der Waals surface area (Å²) >= 11 is 5.86. The summed E-state index contributed by atoms with van der Waals surface area (Å²) in [4.78, 5) is 16.3. The van der Waals surface area contributed by atoms with Gasteiger partial charge in [-0.15, -0.1) is 0 Å². The van der Waals surface area contributed by atoms with Crippen molar-refractivity contribution in [3.8, 4) is 0 Å². The fourth-order valence-corrected chi connectivity index (χ4v) is 4.71. The minimum Gasteiger partial charge on any atom is -0.465 e. The molecule has 0 saturated carbocycles. The zero-order chi connectivity index (χ0) is 18.9. The van der Waals surface area contributed by atoms with E-state index in [4.69, 9.17) is 16.3 Å². The summed E-state index contributed by atoms with van der Waals surface area (Å²) in [7, 11) is -3.81. The van der Waals surface area contributed by atoms with Crippen LogP contribution < -0.4 is 0 Å². The average molecular weight is 393 g/mol. The molecule has 26 heavy (non-hydrogen) atoms. The number of ether oxygens (including phenoxy) is 1. The third kappa shape index (κ3) is 3.20. The average Bonchev–Trinajstić information content (AvgIpc) is 2.88. The van der Waals surface area contributed by atoms with E-state index < -0.39 is 15.8 Å². The molecule has 0 aliphatic carbocycles. The molecule has 0 unspecified atom stereocenters. The van der Waals surface area contributed by atoms with Crippen molar-refractivity contribution in [3.05, 3.63) is 53.4 Å². The van der Waals surface area contributed by atoms with E-state index in [1.165, 1.54) is 30.5 Å². The molecule has 8 heteroatoms. The predicted molar refractivity (Wildman–Crippen MR) is 98.0 cm³/mol. The summed E-state index contributed by atoms with van der Waals surface area (Å²) < 4.78 is 33.0. The van der Waals surface area contributed by atoms with Crippen molar-refractivity contribution in [1.82, 2.24) is 9.55 Å². The summed E-state index contributed by atoms with van der Waals surface area (Å²) in [6, 6.07) is 7.66. The van der Waals surface area contributed by atoms with E-state index in [2.05, 4.69) is 4.98 Å². The smallest absolute Gasteiger partial charge is 0.325 e. The molecule has 0 radical (unpaired) electrons. The lowest BCUT2D eigenvalue weighted by Crippen LogP contribution is -2.15. The minimum absolute atomic E-state index is 0.0731. The first kappa shape index (κ1) is 18.4. The van der Waals surface area contributed by atoms with Crippen molar-refractivity contribution in [1.29, 1.82) is 0 Å². The van der Waals surface area contributed by atoms with Crippen molar-refractivity contribution in [2.75, 3.05) is 6.61 Å². The molecule has 2 heterocycles. The molecule has 0 aliphatic rings. The van der Waals surface area contributed by atoms with Gasteiger partial charge in [0.05, 0.1) is 17.0 Å². The Morgan fingerprint density at radius 3 is 2.58 bits per heavy atom. The second-order valence-electron chi connectivity index (χ2n) is 5.66. The van der Waals surface area contributed by atoms with Crippen LogP contribution in [0.1, 0.15) is 12.6 Å². The van der Waals surface area contributed by atoms with Crippen molar-refractivity contribution in [2.45, 2.75) is 30.2 Å². The number of sulfone groups is 1. The van der Waals surface area contributed by atoms with Crippen LogP contribution in [0.4, 0.5) is 0 Å². The highest BCUT2D eigenvalue weighted by molar-refractivity contribution is 7.91. The van der Waals surface area contributed by atoms with E-state index in [0.29, 0.717) is 21.6 Å². The lowest BCUT2D eigenvalue weighted by molar-refractivity contribution is -0.143. The Balaban J connectivity index is 2.22. The van der Waals surface area contributed by atoms with Gasteiger partial charge in [-0.2, -0.15) is 0 Å². The number of pyridine rings is 1. The fourth-order valence-electron chi connectivity index (χ4n) is 2.91. The Hall–Kier alpha value is -2.38. The van der Waals surface area contributed by atoms with Gasteiger partial charge >= 0.3 is 5.97 Å². The van der Waals surface area contributed by atoms with E-state index in [9.17, 15) is 13.2 Å². The topological polar surface area (TPSA) is 78.3 Å². The zero-order valence-electron chi connectivity index (χ0n) is 14.3. The Morgan fingerprint density at radius 1 is 1.23 bits per heavy atom. The first-order valence-electron chi connectivity index (χ1n) is 7.95. The molecule has 0 N–H and O–H groups in total. The number of fused-ring (bicyclic) bond motifs is 1. The van der Waals surface area contributed by atoms with E-state index in [-0.39, 0.29) is 22.9 Å². The first-order valence-corrected chi connectivity index (χ1v) is 9.81. The van der Waals surface area contributed by atoms with Crippen LogP contribution in [0.5, 0.6) is 0 Å². The second kappa shape index (κ2) is 7.09. The largest absolute Gasteiger partial charge is 0.465 e. The normalized spacial score (nSPS) is 11.7. The van der Waals surface area contributed by atoms with Gasteiger partial charge in [0.2, 0.25) is 9.84 Å². The number of carbonyl (C=O) groups excluding carboxylic acids is 1. The van der Waals surface area contributed by atoms with Gasteiger partial charge in [-0.25, -0.2) is 8.42 Å². The maximum absolute atomic E-state index is 13.2. The fraction of sp³-hybridized carbons (Fsp3) is 0.222. The number of benzene rings is 1. The number of rotatable bonds is 5. The number of esters is 1. The number of nitrogens with zero attached hydrogens (tertiary/aromatic N) is 2. The third-order valence-corrected chi connectivity index (χ3v) is 6.25. The van der Waals surface area contributed by atoms with E-state index in [1.807, 2.05) is 0 Å². The number of halogens is 1. The molecule has 1 aromatic carbocycles. The summed E-state index contributed by atoms with van der Waals surface area (Å²) in [5.41, 5.74) is 1.06. The van der Waals surface area contributed by atoms with Gasteiger partial charge in [0, 0.05) is 28.5 Å². The number of carbonyl (C=O) groups is 1. The molecule has 0 atom stereocenters. The molecule has 3 aromatic rings. The SMILES string of the molecule is CCOC(=O)Cn1c(C)c(S(=O)(=O)c2ccc(Cl)cc2)c2cnccc21. The monoisotopic (exact) mass is 392 g/mol. The van der Waals surface area contributed by atoms with Crippen LogP contribution in [-0.4, -0.2) is 30.5 Å². The first-order chi connectivity index (χ1) is 12.4.